The van der Waals surface area contributed by atoms with Crippen LogP contribution >= 0.6 is 0 Å². The van der Waals surface area contributed by atoms with E-state index in [-0.39, 0.29) is 0 Å². The fourth-order valence-corrected chi connectivity index (χ4v) is 2.54. The standard InChI is InChI=1S/C18H12O.C2H6/c1-2-6-13(7-3-1)14-10-11-16-15-8-4-5-9-17(15)19-18(16)12-14;1-2/h1-12H;1-2H3. The maximum atomic E-state index is 5.91. The molecule has 1 heteroatoms. The molecule has 0 bridgehead atoms. The average Bonchev–Trinajstić information content (AvgIpc) is 2.95. The first-order valence-corrected chi connectivity index (χ1v) is 7.38. The van der Waals surface area contributed by atoms with Crippen LogP contribution < -0.4 is 0 Å². The van der Waals surface area contributed by atoms with Crippen LogP contribution in [-0.2, 0) is 0 Å². The number of para-hydroxylation sites is 1. The smallest absolute Gasteiger partial charge is 0.136 e. The Bertz CT molecular complexity index is 857. The Morgan fingerprint density at radius 2 is 1.24 bits per heavy atom. The third kappa shape index (κ3) is 2.43. The molecule has 104 valence electrons. The Morgan fingerprint density at radius 1 is 0.571 bits per heavy atom. The summed E-state index contributed by atoms with van der Waals surface area (Å²) < 4.78 is 5.91. The van der Waals surface area contributed by atoms with Crippen molar-refractivity contribution in [2.24, 2.45) is 0 Å². The van der Waals surface area contributed by atoms with Crippen LogP contribution in [0.25, 0.3) is 33.1 Å². The topological polar surface area (TPSA) is 13.1 Å². The van der Waals surface area contributed by atoms with E-state index in [4.69, 9.17) is 4.42 Å². The maximum absolute atomic E-state index is 5.91. The lowest BCUT2D eigenvalue weighted by molar-refractivity contribution is 0.669. The fraction of sp³-hybridized carbons (Fsp3) is 0.100. The van der Waals surface area contributed by atoms with Gasteiger partial charge in [-0.2, -0.15) is 0 Å². The molecule has 1 aromatic heterocycles. The van der Waals surface area contributed by atoms with Crippen LogP contribution in [0.1, 0.15) is 13.8 Å². The molecule has 0 aliphatic heterocycles. The number of fused-ring (bicyclic) bond motifs is 3. The van der Waals surface area contributed by atoms with Crippen molar-refractivity contribution in [1.29, 1.82) is 0 Å². The summed E-state index contributed by atoms with van der Waals surface area (Å²) in [5, 5.41) is 2.35. The highest BCUT2D eigenvalue weighted by atomic mass is 16.3. The molecule has 1 nitrogen and oxygen atoms in total. The van der Waals surface area contributed by atoms with Crippen molar-refractivity contribution in [3.05, 3.63) is 72.8 Å². The zero-order valence-corrected chi connectivity index (χ0v) is 12.3. The number of benzene rings is 3. The molecule has 0 saturated carbocycles. The van der Waals surface area contributed by atoms with Crippen molar-refractivity contribution in [3.8, 4) is 11.1 Å². The Kier molecular flexibility index (Phi) is 3.74. The second-order valence-corrected chi connectivity index (χ2v) is 4.68. The van der Waals surface area contributed by atoms with Gasteiger partial charge >= 0.3 is 0 Å². The Hall–Kier alpha value is -2.54. The average molecular weight is 274 g/mol. The lowest BCUT2D eigenvalue weighted by Gasteiger charge is -2.00. The molecule has 0 saturated heterocycles. The summed E-state index contributed by atoms with van der Waals surface area (Å²) in [5.41, 5.74) is 4.29. The number of furan rings is 1. The summed E-state index contributed by atoms with van der Waals surface area (Å²) in [6, 6.07) is 24.9. The second-order valence-electron chi connectivity index (χ2n) is 4.68. The minimum atomic E-state index is 0.947. The van der Waals surface area contributed by atoms with E-state index in [2.05, 4.69) is 48.5 Å². The van der Waals surface area contributed by atoms with E-state index >= 15 is 0 Å². The molecular weight excluding hydrogens is 256 g/mol. The minimum absolute atomic E-state index is 0.947. The molecule has 0 unspecified atom stereocenters. The zero-order chi connectivity index (χ0) is 14.7. The molecule has 21 heavy (non-hydrogen) atoms. The predicted octanol–water partition coefficient (Wildman–Crippen LogP) is 6.28. The van der Waals surface area contributed by atoms with Gasteiger partial charge in [0.05, 0.1) is 0 Å². The van der Waals surface area contributed by atoms with E-state index in [1.54, 1.807) is 0 Å². The van der Waals surface area contributed by atoms with Crippen LogP contribution in [0, 0.1) is 0 Å². The Balaban J connectivity index is 0.000000636. The molecule has 1 heterocycles. The van der Waals surface area contributed by atoms with Gasteiger partial charge in [-0.15, -0.1) is 0 Å². The molecule has 4 aromatic rings. The largest absolute Gasteiger partial charge is 0.456 e. The van der Waals surface area contributed by atoms with E-state index in [0.717, 1.165) is 11.2 Å². The summed E-state index contributed by atoms with van der Waals surface area (Å²) in [4.78, 5) is 0. The maximum Gasteiger partial charge on any atom is 0.136 e. The van der Waals surface area contributed by atoms with Gasteiger partial charge in [0.1, 0.15) is 11.2 Å². The minimum Gasteiger partial charge on any atom is -0.456 e. The molecule has 0 atom stereocenters. The van der Waals surface area contributed by atoms with Crippen molar-refractivity contribution in [3.63, 3.8) is 0 Å². The highest BCUT2D eigenvalue weighted by molar-refractivity contribution is 6.05. The summed E-state index contributed by atoms with van der Waals surface area (Å²) >= 11 is 0. The molecule has 0 fully saturated rings. The van der Waals surface area contributed by atoms with Gasteiger partial charge in [-0.25, -0.2) is 0 Å². The van der Waals surface area contributed by atoms with Gasteiger partial charge in [0.25, 0.3) is 0 Å². The fourth-order valence-electron chi connectivity index (χ4n) is 2.54. The zero-order valence-electron chi connectivity index (χ0n) is 12.3. The van der Waals surface area contributed by atoms with E-state index in [1.165, 1.54) is 21.9 Å². The monoisotopic (exact) mass is 274 g/mol. The predicted molar refractivity (Wildman–Crippen MR) is 90.5 cm³/mol. The third-order valence-corrected chi connectivity index (χ3v) is 3.49. The van der Waals surface area contributed by atoms with Crippen molar-refractivity contribution in [2.45, 2.75) is 13.8 Å². The van der Waals surface area contributed by atoms with Gasteiger partial charge < -0.3 is 4.42 Å². The van der Waals surface area contributed by atoms with Crippen LogP contribution in [0.5, 0.6) is 0 Å². The number of hydrogen-bond donors (Lipinski definition) is 0. The van der Waals surface area contributed by atoms with Gasteiger partial charge in [-0.05, 0) is 29.3 Å². The van der Waals surface area contributed by atoms with Crippen LogP contribution in [0.4, 0.5) is 0 Å². The molecule has 0 N–H and O–H groups in total. The van der Waals surface area contributed by atoms with Crippen molar-refractivity contribution in [1.82, 2.24) is 0 Å². The summed E-state index contributed by atoms with van der Waals surface area (Å²) in [7, 11) is 0. The molecule has 0 radical (unpaired) electrons. The number of hydrogen-bond acceptors (Lipinski definition) is 1. The van der Waals surface area contributed by atoms with Gasteiger partial charge in [0, 0.05) is 10.8 Å². The van der Waals surface area contributed by atoms with E-state index in [0.29, 0.717) is 0 Å². The van der Waals surface area contributed by atoms with Gasteiger partial charge in [-0.3, -0.25) is 0 Å². The molecule has 0 aliphatic rings. The SMILES string of the molecule is CC.c1ccc(-c2ccc3c(c2)oc2ccccc23)cc1. The van der Waals surface area contributed by atoms with Gasteiger partial charge in [0.2, 0.25) is 0 Å². The molecular formula is C20H18O. The Morgan fingerprint density at radius 3 is 2.05 bits per heavy atom. The lowest BCUT2D eigenvalue weighted by atomic mass is 10.0. The van der Waals surface area contributed by atoms with Crippen LogP contribution in [0.3, 0.4) is 0 Å². The molecule has 0 amide bonds. The van der Waals surface area contributed by atoms with E-state index < -0.39 is 0 Å². The molecule has 0 spiro atoms. The quantitative estimate of drug-likeness (QED) is 0.398. The van der Waals surface area contributed by atoms with Crippen LogP contribution in [-0.4, -0.2) is 0 Å². The highest BCUT2D eigenvalue weighted by Gasteiger charge is 2.07. The molecule has 3 aromatic carbocycles. The molecule has 4 rings (SSSR count). The van der Waals surface area contributed by atoms with E-state index in [1.807, 2.05) is 38.1 Å². The Labute approximate surface area is 124 Å². The van der Waals surface area contributed by atoms with Crippen LogP contribution in [0.2, 0.25) is 0 Å². The second kappa shape index (κ2) is 5.84. The first-order valence-electron chi connectivity index (χ1n) is 7.38. The number of rotatable bonds is 1. The summed E-state index contributed by atoms with van der Waals surface area (Å²) in [6.07, 6.45) is 0. The third-order valence-electron chi connectivity index (χ3n) is 3.49. The van der Waals surface area contributed by atoms with Crippen LogP contribution in [0.15, 0.2) is 77.2 Å². The van der Waals surface area contributed by atoms with Crippen molar-refractivity contribution >= 4 is 21.9 Å². The molecule has 0 aliphatic carbocycles. The highest BCUT2D eigenvalue weighted by Crippen LogP contribution is 2.31. The summed E-state index contributed by atoms with van der Waals surface area (Å²) in [6.45, 7) is 4.00. The first kappa shape index (κ1) is 13.4. The lowest BCUT2D eigenvalue weighted by Crippen LogP contribution is -1.76. The normalized spacial score (nSPS) is 10.4. The van der Waals surface area contributed by atoms with Crippen molar-refractivity contribution in [2.75, 3.05) is 0 Å². The van der Waals surface area contributed by atoms with E-state index in [9.17, 15) is 0 Å². The van der Waals surface area contributed by atoms with Gasteiger partial charge in [0.15, 0.2) is 0 Å². The van der Waals surface area contributed by atoms with Gasteiger partial charge in [-0.1, -0.05) is 68.4 Å². The first-order chi connectivity index (χ1) is 10.4. The summed E-state index contributed by atoms with van der Waals surface area (Å²) in [5.74, 6) is 0. The van der Waals surface area contributed by atoms with Crippen molar-refractivity contribution < 1.29 is 4.42 Å².